The van der Waals surface area contributed by atoms with Gasteiger partial charge in [-0.1, -0.05) is 206 Å². The first kappa shape index (κ1) is 51.2. The van der Waals surface area contributed by atoms with E-state index in [9.17, 15) is 14.4 Å². The lowest BCUT2D eigenvalue weighted by molar-refractivity contribution is -0.135. The second kappa shape index (κ2) is 38.4. The van der Waals surface area contributed by atoms with Crippen LogP contribution in [0, 0.1) is 0 Å². The van der Waals surface area contributed by atoms with E-state index in [-0.39, 0.29) is 19.1 Å². The molecule has 0 atom stereocenters. The number of nitrogens with zero attached hydrogens (tertiary/aromatic N) is 1. The van der Waals surface area contributed by atoms with Crippen LogP contribution in [0.15, 0.2) is 0 Å². The highest BCUT2D eigenvalue weighted by molar-refractivity contribution is 5.85. The number of hydroxylamine groups is 1. The molecule has 2 N–H and O–H groups in total. The molecule has 3 amide bonds. The number of amides is 3. The fourth-order valence-corrected chi connectivity index (χ4v) is 6.86. The first-order chi connectivity index (χ1) is 25.7. The first-order valence-corrected chi connectivity index (χ1v) is 22.8. The summed E-state index contributed by atoms with van der Waals surface area (Å²) in [5.74, 6) is -0.514. The maximum Gasteiger partial charge on any atom is 0.431 e. The molecule has 0 aliphatic heterocycles. The molecular formula is C45H89N3O5. The summed E-state index contributed by atoms with van der Waals surface area (Å²) in [6.45, 7) is 10.8. The lowest BCUT2D eigenvalue weighted by atomic mass is 10.0. The van der Waals surface area contributed by atoms with Gasteiger partial charge < -0.3 is 15.0 Å². The fourth-order valence-electron chi connectivity index (χ4n) is 6.86. The molecule has 0 aliphatic rings. The molecule has 0 aliphatic carbocycles. The van der Waals surface area contributed by atoms with Crippen molar-refractivity contribution >= 4 is 17.9 Å². The molecule has 0 fully saturated rings. The molecular weight excluding hydrogens is 663 g/mol. The molecule has 53 heavy (non-hydrogen) atoms. The van der Waals surface area contributed by atoms with Crippen LogP contribution >= 0.6 is 0 Å². The lowest BCUT2D eigenvalue weighted by Crippen LogP contribution is -2.43. The number of carbonyl (C=O) groups is 3. The van der Waals surface area contributed by atoms with Crippen LogP contribution in [-0.4, -0.2) is 54.6 Å². The number of hydrogen-bond acceptors (Lipinski definition) is 5. The maximum absolute atomic E-state index is 13.1. The van der Waals surface area contributed by atoms with Gasteiger partial charge in [-0.3, -0.25) is 14.4 Å². The smallest absolute Gasteiger partial charge is 0.431 e. The Labute approximate surface area is 328 Å². The summed E-state index contributed by atoms with van der Waals surface area (Å²) in [7, 11) is 0. The summed E-state index contributed by atoms with van der Waals surface area (Å²) in [4.78, 5) is 44.0. The van der Waals surface area contributed by atoms with E-state index in [1.807, 2.05) is 4.90 Å². The highest BCUT2D eigenvalue weighted by Crippen LogP contribution is 2.16. The summed E-state index contributed by atoms with van der Waals surface area (Å²) in [6.07, 6.45) is 41.7. The van der Waals surface area contributed by atoms with Gasteiger partial charge in [0, 0.05) is 13.1 Å². The van der Waals surface area contributed by atoms with Crippen molar-refractivity contribution in [3.63, 3.8) is 0 Å². The second-order valence-corrected chi connectivity index (χ2v) is 16.7. The van der Waals surface area contributed by atoms with Gasteiger partial charge in [0.25, 0.3) is 0 Å². The highest BCUT2D eigenvalue weighted by Gasteiger charge is 2.17. The Hall–Kier alpha value is -1.83. The third kappa shape index (κ3) is 39.7. The van der Waals surface area contributed by atoms with Crippen molar-refractivity contribution in [1.29, 1.82) is 0 Å². The van der Waals surface area contributed by atoms with Gasteiger partial charge >= 0.3 is 6.09 Å². The molecule has 0 aromatic rings. The Balaban J connectivity index is 4.24. The maximum atomic E-state index is 13.1. The third-order valence-corrected chi connectivity index (χ3v) is 10.1. The topological polar surface area (TPSA) is 97.0 Å². The van der Waals surface area contributed by atoms with E-state index in [2.05, 4.69) is 24.6 Å². The lowest BCUT2D eigenvalue weighted by Gasteiger charge is -2.23. The van der Waals surface area contributed by atoms with Gasteiger partial charge in [0.15, 0.2) is 6.61 Å². The van der Waals surface area contributed by atoms with Gasteiger partial charge in [-0.05, 0) is 33.6 Å². The molecule has 0 radical (unpaired) electrons. The van der Waals surface area contributed by atoms with Crippen molar-refractivity contribution < 1.29 is 24.0 Å². The zero-order chi connectivity index (χ0) is 39.1. The van der Waals surface area contributed by atoms with Crippen LogP contribution in [-0.2, 0) is 19.2 Å². The van der Waals surface area contributed by atoms with Gasteiger partial charge in [0.1, 0.15) is 5.60 Å². The van der Waals surface area contributed by atoms with Crippen LogP contribution in [0.5, 0.6) is 0 Å². The Kier molecular flexibility index (Phi) is 37.1. The quantitative estimate of drug-likeness (QED) is 0.0481. The summed E-state index contributed by atoms with van der Waals surface area (Å²) in [5.41, 5.74) is 1.45. The van der Waals surface area contributed by atoms with Crippen LogP contribution in [0.25, 0.3) is 0 Å². The minimum atomic E-state index is -0.759. The molecule has 0 aromatic heterocycles. The molecule has 8 heteroatoms. The molecule has 0 unspecified atom stereocenters. The molecule has 314 valence electrons. The van der Waals surface area contributed by atoms with Crippen molar-refractivity contribution in [3.05, 3.63) is 0 Å². The molecule has 0 rings (SSSR count). The molecule has 0 saturated carbocycles. The highest BCUT2D eigenvalue weighted by atomic mass is 16.7. The van der Waals surface area contributed by atoms with Crippen molar-refractivity contribution in [2.45, 2.75) is 246 Å². The van der Waals surface area contributed by atoms with Crippen LogP contribution in [0.3, 0.4) is 0 Å². The number of rotatable bonds is 39. The van der Waals surface area contributed by atoms with E-state index in [1.54, 1.807) is 20.8 Å². The molecule has 8 nitrogen and oxygen atoms in total. The van der Waals surface area contributed by atoms with Crippen LogP contribution < -0.4 is 10.8 Å². The molecule has 0 bridgehead atoms. The Morgan fingerprint density at radius 3 is 1.08 bits per heavy atom. The Morgan fingerprint density at radius 2 is 0.774 bits per heavy atom. The minimum Gasteiger partial charge on any atom is -0.442 e. The van der Waals surface area contributed by atoms with Crippen molar-refractivity contribution in [2.24, 2.45) is 0 Å². The van der Waals surface area contributed by atoms with Gasteiger partial charge in [0.2, 0.25) is 11.8 Å². The number of nitrogens with one attached hydrogen (secondary N) is 2. The third-order valence-electron chi connectivity index (χ3n) is 10.1. The van der Waals surface area contributed by atoms with E-state index >= 15 is 0 Å². The SMILES string of the molecule is CCCCCCCCCCCCCCCCCCN(CCCCCCCCCCCCCCCCCC)C(=O)CNC(=O)CONC(=O)OC(C)(C)C. The number of hydrogen-bond donors (Lipinski definition) is 2. The summed E-state index contributed by atoms with van der Waals surface area (Å²) < 4.78 is 5.10. The zero-order valence-electron chi connectivity index (χ0n) is 35.9. The van der Waals surface area contributed by atoms with E-state index < -0.39 is 17.6 Å². The second-order valence-electron chi connectivity index (χ2n) is 16.7. The number of unbranched alkanes of at least 4 members (excludes halogenated alkanes) is 30. The van der Waals surface area contributed by atoms with Crippen molar-refractivity contribution in [3.8, 4) is 0 Å². The fraction of sp³-hybridized carbons (Fsp3) is 0.933. The molecule has 0 spiro atoms. The number of ether oxygens (including phenoxy) is 1. The zero-order valence-corrected chi connectivity index (χ0v) is 35.9. The average molecular weight is 752 g/mol. The van der Waals surface area contributed by atoms with E-state index in [0.717, 1.165) is 38.8 Å². The number of carbonyl (C=O) groups excluding carboxylic acids is 3. The van der Waals surface area contributed by atoms with Crippen molar-refractivity contribution in [1.82, 2.24) is 15.7 Å². The van der Waals surface area contributed by atoms with Crippen LogP contribution in [0.4, 0.5) is 4.79 Å². The predicted molar refractivity (Wildman–Crippen MR) is 224 cm³/mol. The Morgan fingerprint density at radius 1 is 0.472 bits per heavy atom. The molecule has 0 aromatic carbocycles. The monoisotopic (exact) mass is 752 g/mol. The largest absolute Gasteiger partial charge is 0.442 e. The summed E-state index contributed by atoms with van der Waals surface area (Å²) >= 11 is 0. The minimum absolute atomic E-state index is 0.0552. The van der Waals surface area contributed by atoms with Gasteiger partial charge in [-0.25, -0.2) is 4.79 Å². The average Bonchev–Trinajstić information content (AvgIpc) is 3.11. The van der Waals surface area contributed by atoms with Crippen LogP contribution in [0.1, 0.15) is 240 Å². The Bertz CT molecular complexity index is 795. The predicted octanol–water partition coefficient (Wildman–Crippen LogP) is 12.9. The summed E-state index contributed by atoms with van der Waals surface area (Å²) in [6, 6.07) is 0. The van der Waals surface area contributed by atoms with E-state index in [1.165, 1.54) is 180 Å². The van der Waals surface area contributed by atoms with E-state index in [0.29, 0.717) is 0 Å². The standard InChI is InChI=1S/C45H89N3O5/c1-6-8-10-12-14-16-18-20-22-24-26-28-30-32-34-36-38-48(43(50)40-46-42(49)41-52-47-44(51)53-45(3,4)5)39-37-35-33-31-29-27-25-23-21-19-17-15-13-11-9-7-2/h6-41H2,1-5H3,(H,46,49)(H,47,51). The normalized spacial score (nSPS) is 11.5. The van der Waals surface area contributed by atoms with E-state index in [4.69, 9.17) is 9.57 Å². The molecule has 0 saturated heterocycles. The molecule has 0 heterocycles. The van der Waals surface area contributed by atoms with Crippen molar-refractivity contribution in [2.75, 3.05) is 26.2 Å². The summed E-state index contributed by atoms with van der Waals surface area (Å²) in [5, 5.41) is 2.65. The van der Waals surface area contributed by atoms with Crippen LogP contribution in [0.2, 0.25) is 0 Å². The van der Waals surface area contributed by atoms with Gasteiger partial charge in [-0.15, -0.1) is 0 Å². The van der Waals surface area contributed by atoms with Gasteiger partial charge in [0.05, 0.1) is 6.54 Å². The first-order valence-electron chi connectivity index (χ1n) is 22.8. The van der Waals surface area contributed by atoms with Gasteiger partial charge in [-0.2, -0.15) is 5.48 Å².